The zero-order valence-electron chi connectivity index (χ0n) is 8.00. The Morgan fingerprint density at radius 3 is 2.23 bits per heavy atom. The number of rotatable bonds is 1. The van der Waals surface area contributed by atoms with Crippen molar-refractivity contribution in [3.63, 3.8) is 0 Å². The van der Waals surface area contributed by atoms with Crippen LogP contribution < -0.4 is 5.32 Å². The lowest BCUT2D eigenvalue weighted by Crippen LogP contribution is -2.44. The minimum Gasteiger partial charge on any atom is -0.315 e. The Morgan fingerprint density at radius 2 is 1.69 bits per heavy atom. The summed E-state index contributed by atoms with van der Waals surface area (Å²) >= 11 is 0. The van der Waals surface area contributed by atoms with Crippen LogP contribution in [-0.2, 0) is 0 Å². The molecule has 0 radical (unpaired) electrons. The first-order chi connectivity index (χ1) is 5.47. The van der Waals surface area contributed by atoms with Gasteiger partial charge >= 0.3 is 0 Å². The maximum atomic E-state index is 3.47. The molecule has 2 aliphatic heterocycles. The van der Waals surface area contributed by atoms with Crippen molar-refractivity contribution >= 4 is 24.8 Å². The maximum Gasteiger partial charge on any atom is 0.0221 e. The van der Waals surface area contributed by atoms with E-state index < -0.39 is 0 Å². The first kappa shape index (κ1) is 13.5. The van der Waals surface area contributed by atoms with Gasteiger partial charge in [0.05, 0.1) is 0 Å². The molecule has 0 aliphatic carbocycles. The maximum absolute atomic E-state index is 3.47. The van der Waals surface area contributed by atoms with Crippen LogP contribution in [0.1, 0.15) is 25.7 Å². The van der Waals surface area contributed by atoms with Crippen molar-refractivity contribution in [1.82, 2.24) is 10.2 Å². The second kappa shape index (κ2) is 6.88. The van der Waals surface area contributed by atoms with Crippen molar-refractivity contribution in [3.05, 3.63) is 0 Å². The molecular formula is C9H20Cl2N2. The normalized spacial score (nSPS) is 29.1. The number of likely N-dealkylation sites (tertiary alicyclic amines) is 1. The van der Waals surface area contributed by atoms with Crippen LogP contribution >= 0.6 is 24.8 Å². The van der Waals surface area contributed by atoms with Crippen molar-refractivity contribution in [2.75, 3.05) is 26.2 Å². The van der Waals surface area contributed by atoms with Crippen LogP contribution in [-0.4, -0.2) is 37.1 Å². The van der Waals surface area contributed by atoms with Crippen molar-refractivity contribution in [2.24, 2.45) is 0 Å². The first-order valence-electron chi connectivity index (χ1n) is 4.91. The van der Waals surface area contributed by atoms with Crippen LogP contribution in [0.25, 0.3) is 0 Å². The van der Waals surface area contributed by atoms with Crippen LogP contribution in [0.4, 0.5) is 0 Å². The van der Waals surface area contributed by atoms with Crippen molar-refractivity contribution in [1.29, 1.82) is 0 Å². The highest BCUT2D eigenvalue weighted by atomic mass is 35.5. The van der Waals surface area contributed by atoms with Gasteiger partial charge in [0.15, 0.2) is 0 Å². The summed E-state index contributed by atoms with van der Waals surface area (Å²) in [6.07, 6.45) is 5.65. The molecule has 4 heteroatoms. The Kier molecular flexibility index (Phi) is 7.15. The predicted molar refractivity (Wildman–Crippen MR) is 61.2 cm³/mol. The molecule has 0 aromatic rings. The van der Waals surface area contributed by atoms with Crippen molar-refractivity contribution in [2.45, 2.75) is 31.7 Å². The quantitative estimate of drug-likeness (QED) is 0.733. The Labute approximate surface area is 93.3 Å². The van der Waals surface area contributed by atoms with E-state index >= 15 is 0 Å². The minimum atomic E-state index is 0. The molecule has 0 bridgehead atoms. The smallest absolute Gasteiger partial charge is 0.0221 e. The molecule has 2 heterocycles. The van der Waals surface area contributed by atoms with Gasteiger partial charge in [-0.25, -0.2) is 0 Å². The molecular weight excluding hydrogens is 207 g/mol. The molecule has 0 unspecified atom stereocenters. The Hall–Kier alpha value is 0.500. The van der Waals surface area contributed by atoms with Crippen LogP contribution in [0, 0.1) is 0 Å². The molecule has 0 saturated carbocycles. The predicted octanol–water partition coefficient (Wildman–Crippen LogP) is 1.68. The second-order valence-electron chi connectivity index (χ2n) is 3.74. The van der Waals surface area contributed by atoms with Crippen molar-refractivity contribution < 1.29 is 0 Å². The van der Waals surface area contributed by atoms with Crippen LogP contribution in [0.15, 0.2) is 0 Å². The van der Waals surface area contributed by atoms with E-state index in [1.807, 2.05) is 0 Å². The third-order valence-corrected chi connectivity index (χ3v) is 2.93. The minimum absolute atomic E-state index is 0. The second-order valence-corrected chi connectivity index (χ2v) is 3.74. The fraction of sp³-hybridized carbons (Fsp3) is 1.00. The molecule has 2 saturated heterocycles. The van der Waals surface area contributed by atoms with Gasteiger partial charge in [-0.3, -0.25) is 4.90 Å². The molecule has 1 N–H and O–H groups in total. The summed E-state index contributed by atoms with van der Waals surface area (Å²) in [5.41, 5.74) is 0. The third-order valence-electron chi connectivity index (χ3n) is 2.93. The van der Waals surface area contributed by atoms with E-state index in [-0.39, 0.29) is 24.8 Å². The summed E-state index contributed by atoms with van der Waals surface area (Å²) in [4.78, 5) is 2.66. The van der Waals surface area contributed by atoms with E-state index in [1.165, 1.54) is 51.9 Å². The Morgan fingerprint density at radius 1 is 1.00 bits per heavy atom. The third kappa shape index (κ3) is 3.62. The van der Waals surface area contributed by atoms with E-state index in [0.29, 0.717) is 0 Å². The van der Waals surface area contributed by atoms with E-state index in [0.717, 1.165) is 6.04 Å². The summed E-state index contributed by atoms with van der Waals surface area (Å²) in [7, 11) is 0. The van der Waals surface area contributed by atoms with E-state index in [2.05, 4.69) is 10.2 Å². The van der Waals surface area contributed by atoms with Crippen LogP contribution in [0.2, 0.25) is 0 Å². The Bertz CT molecular complexity index is 121. The van der Waals surface area contributed by atoms with Gasteiger partial charge in [0.2, 0.25) is 0 Å². The highest BCUT2D eigenvalue weighted by molar-refractivity contribution is 5.85. The molecule has 0 aromatic carbocycles. The highest BCUT2D eigenvalue weighted by Crippen LogP contribution is 2.16. The number of nitrogens with one attached hydrogen (secondary N) is 1. The fourth-order valence-corrected chi connectivity index (χ4v) is 2.25. The largest absolute Gasteiger partial charge is 0.315 e. The molecule has 1 atom stereocenters. The SMILES string of the molecule is C1CNC[C@H](N2CCCC2)C1.Cl.Cl. The van der Waals surface area contributed by atoms with Gasteiger partial charge in [0, 0.05) is 12.6 Å². The van der Waals surface area contributed by atoms with Gasteiger partial charge < -0.3 is 5.32 Å². The average molecular weight is 227 g/mol. The van der Waals surface area contributed by atoms with E-state index in [4.69, 9.17) is 0 Å². The lowest BCUT2D eigenvalue weighted by Gasteiger charge is -2.31. The molecule has 2 nitrogen and oxygen atoms in total. The van der Waals surface area contributed by atoms with Gasteiger partial charge in [0.1, 0.15) is 0 Å². The zero-order valence-corrected chi connectivity index (χ0v) is 9.63. The number of hydrogen-bond donors (Lipinski definition) is 1. The monoisotopic (exact) mass is 226 g/mol. The molecule has 80 valence electrons. The summed E-state index contributed by atoms with van der Waals surface area (Å²) in [6.45, 7) is 5.18. The average Bonchev–Trinajstić information content (AvgIpc) is 2.58. The summed E-state index contributed by atoms with van der Waals surface area (Å²) in [6, 6.07) is 0.867. The lowest BCUT2D eigenvalue weighted by molar-refractivity contribution is 0.203. The van der Waals surface area contributed by atoms with E-state index in [1.54, 1.807) is 0 Å². The van der Waals surface area contributed by atoms with Gasteiger partial charge in [-0.15, -0.1) is 24.8 Å². The molecule has 0 aromatic heterocycles. The summed E-state index contributed by atoms with van der Waals surface area (Å²) in [5, 5.41) is 3.47. The first-order valence-corrected chi connectivity index (χ1v) is 4.91. The molecule has 0 amide bonds. The molecule has 2 rings (SSSR count). The Balaban J connectivity index is 0.000000720. The van der Waals surface area contributed by atoms with Gasteiger partial charge in [-0.1, -0.05) is 0 Å². The number of piperidine rings is 1. The lowest BCUT2D eigenvalue weighted by atomic mass is 10.1. The van der Waals surface area contributed by atoms with Gasteiger partial charge in [0.25, 0.3) is 0 Å². The van der Waals surface area contributed by atoms with Gasteiger partial charge in [-0.2, -0.15) is 0 Å². The topological polar surface area (TPSA) is 15.3 Å². The summed E-state index contributed by atoms with van der Waals surface area (Å²) in [5.74, 6) is 0. The zero-order chi connectivity index (χ0) is 7.52. The van der Waals surface area contributed by atoms with Crippen LogP contribution in [0.5, 0.6) is 0 Å². The summed E-state index contributed by atoms with van der Waals surface area (Å²) < 4.78 is 0. The molecule has 0 spiro atoms. The standard InChI is InChI=1S/C9H18N2.2ClH/c1-2-7-11(6-1)9-4-3-5-10-8-9;;/h9-10H,1-8H2;2*1H/t9-;;/m1../s1. The number of nitrogens with zero attached hydrogens (tertiary/aromatic N) is 1. The number of hydrogen-bond acceptors (Lipinski definition) is 2. The highest BCUT2D eigenvalue weighted by Gasteiger charge is 2.22. The fourth-order valence-electron chi connectivity index (χ4n) is 2.25. The molecule has 2 aliphatic rings. The van der Waals surface area contributed by atoms with Gasteiger partial charge in [-0.05, 0) is 45.3 Å². The van der Waals surface area contributed by atoms with E-state index in [9.17, 15) is 0 Å². The molecule has 13 heavy (non-hydrogen) atoms. The van der Waals surface area contributed by atoms with Crippen molar-refractivity contribution in [3.8, 4) is 0 Å². The molecule has 2 fully saturated rings. The number of halogens is 2. The van der Waals surface area contributed by atoms with Crippen LogP contribution in [0.3, 0.4) is 0 Å².